The van der Waals surface area contributed by atoms with Crippen molar-refractivity contribution in [3.8, 4) is 5.75 Å². The SMILES string of the molecule is CCCCNC(=O)c1ccc(NC(=O)COc2ccccc2)cc1. The smallest absolute Gasteiger partial charge is 0.262 e. The molecule has 2 aromatic carbocycles. The van der Waals surface area contributed by atoms with Crippen LogP contribution in [0.2, 0.25) is 0 Å². The molecule has 2 N–H and O–H groups in total. The maximum atomic E-state index is 11.9. The molecule has 2 rings (SSSR count). The van der Waals surface area contributed by atoms with Crippen molar-refractivity contribution in [1.29, 1.82) is 0 Å². The summed E-state index contributed by atoms with van der Waals surface area (Å²) in [7, 11) is 0. The van der Waals surface area contributed by atoms with Crippen molar-refractivity contribution >= 4 is 17.5 Å². The van der Waals surface area contributed by atoms with Crippen molar-refractivity contribution < 1.29 is 14.3 Å². The minimum Gasteiger partial charge on any atom is -0.484 e. The maximum Gasteiger partial charge on any atom is 0.262 e. The number of carbonyl (C=O) groups is 2. The topological polar surface area (TPSA) is 67.4 Å². The molecule has 0 spiro atoms. The fraction of sp³-hybridized carbons (Fsp3) is 0.263. The minimum absolute atomic E-state index is 0.0662. The van der Waals surface area contributed by atoms with Crippen molar-refractivity contribution in [3.05, 3.63) is 60.2 Å². The summed E-state index contributed by atoms with van der Waals surface area (Å²) in [6.07, 6.45) is 2.00. The van der Waals surface area contributed by atoms with Crippen molar-refractivity contribution in [2.75, 3.05) is 18.5 Å². The monoisotopic (exact) mass is 326 g/mol. The van der Waals surface area contributed by atoms with Gasteiger partial charge in [0, 0.05) is 17.8 Å². The van der Waals surface area contributed by atoms with E-state index in [9.17, 15) is 9.59 Å². The number of para-hydroxylation sites is 1. The third-order valence-electron chi connectivity index (χ3n) is 3.36. The molecular weight excluding hydrogens is 304 g/mol. The second-order valence-corrected chi connectivity index (χ2v) is 5.34. The minimum atomic E-state index is -0.251. The van der Waals surface area contributed by atoms with E-state index in [1.165, 1.54) is 0 Å². The Morgan fingerprint density at radius 1 is 1.00 bits per heavy atom. The lowest BCUT2D eigenvalue weighted by Gasteiger charge is -2.08. The molecule has 0 unspecified atom stereocenters. The number of rotatable bonds is 8. The van der Waals surface area contributed by atoms with Gasteiger partial charge in [0.2, 0.25) is 0 Å². The van der Waals surface area contributed by atoms with Gasteiger partial charge in [0.25, 0.3) is 11.8 Å². The van der Waals surface area contributed by atoms with Crippen molar-refractivity contribution in [2.45, 2.75) is 19.8 Å². The van der Waals surface area contributed by atoms with Gasteiger partial charge in [-0.15, -0.1) is 0 Å². The van der Waals surface area contributed by atoms with E-state index < -0.39 is 0 Å². The molecule has 5 heteroatoms. The van der Waals surface area contributed by atoms with Crippen LogP contribution in [-0.4, -0.2) is 25.0 Å². The number of benzene rings is 2. The van der Waals surface area contributed by atoms with Crippen LogP contribution in [0.1, 0.15) is 30.1 Å². The van der Waals surface area contributed by atoms with Crippen molar-refractivity contribution in [3.63, 3.8) is 0 Å². The van der Waals surface area contributed by atoms with Gasteiger partial charge >= 0.3 is 0 Å². The van der Waals surface area contributed by atoms with E-state index in [-0.39, 0.29) is 18.4 Å². The summed E-state index contributed by atoms with van der Waals surface area (Å²) in [5.41, 5.74) is 1.20. The standard InChI is InChI=1S/C19H22N2O3/c1-2-3-13-20-19(23)15-9-11-16(12-10-15)21-18(22)14-24-17-7-5-4-6-8-17/h4-12H,2-3,13-14H2,1H3,(H,20,23)(H,21,22). The van der Waals surface area contributed by atoms with E-state index >= 15 is 0 Å². The lowest BCUT2D eigenvalue weighted by Crippen LogP contribution is -2.24. The van der Waals surface area contributed by atoms with Crippen LogP contribution < -0.4 is 15.4 Å². The summed E-state index contributed by atoms with van der Waals surface area (Å²) >= 11 is 0. The highest BCUT2D eigenvalue weighted by molar-refractivity contribution is 5.96. The molecule has 0 saturated carbocycles. The van der Waals surface area contributed by atoms with Gasteiger partial charge in [0.05, 0.1) is 0 Å². The van der Waals surface area contributed by atoms with Crippen LogP contribution >= 0.6 is 0 Å². The predicted octanol–water partition coefficient (Wildman–Crippen LogP) is 3.23. The average Bonchev–Trinajstić information content (AvgIpc) is 2.61. The van der Waals surface area contributed by atoms with Crippen LogP contribution in [0, 0.1) is 0 Å². The number of ether oxygens (including phenoxy) is 1. The van der Waals surface area contributed by atoms with Crippen LogP contribution in [0.25, 0.3) is 0 Å². The number of anilines is 1. The van der Waals surface area contributed by atoms with Gasteiger partial charge in [-0.25, -0.2) is 0 Å². The largest absolute Gasteiger partial charge is 0.484 e. The van der Waals surface area contributed by atoms with Gasteiger partial charge in [0.1, 0.15) is 5.75 Å². The fourth-order valence-corrected chi connectivity index (χ4v) is 2.05. The first kappa shape index (κ1) is 17.5. The highest BCUT2D eigenvalue weighted by Gasteiger charge is 2.07. The zero-order valence-electron chi connectivity index (χ0n) is 13.7. The number of carbonyl (C=O) groups excluding carboxylic acids is 2. The number of hydrogen-bond acceptors (Lipinski definition) is 3. The first-order chi connectivity index (χ1) is 11.7. The summed E-state index contributed by atoms with van der Waals surface area (Å²) in [6, 6.07) is 15.9. The second kappa shape index (κ2) is 9.35. The van der Waals surface area contributed by atoms with Crippen LogP contribution in [-0.2, 0) is 4.79 Å². The van der Waals surface area contributed by atoms with Gasteiger partial charge in [-0.3, -0.25) is 9.59 Å². The van der Waals surface area contributed by atoms with Crippen LogP contribution in [0.4, 0.5) is 5.69 Å². The Labute approximate surface area is 142 Å². The van der Waals surface area contributed by atoms with Crippen LogP contribution in [0.3, 0.4) is 0 Å². The van der Waals surface area contributed by atoms with E-state index in [0.29, 0.717) is 23.5 Å². The van der Waals surface area contributed by atoms with Gasteiger partial charge in [-0.2, -0.15) is 0 Å². The number of amides is 2. The third kappa shape index (κ3) is 5.76. The van der Waals surface area contributed by atoms with Gasteiger partial charge in [0.15, 0.2) is 6.61 Å². The predicted molar refractivity (Wildman–Crippen MR) is 94.2 cm³/mol. The zero-order valence-corrected chi connectivity index (χ0v) is 13.7. The summed E-state index contributed by atoms with van der Waals surface area (Å²) in [4.78, 5) is 23.8. The van der Waals surface area contributed by atoms with Gasteiger partial charge in [-0.1, -0.05) is 31.5 Å². The average molecular weight is 326 g/mol. The molecule has 0 aliphatic heterocycles. The summed E-state index contributed by atoms with van der Waals surface area (Å²) in [6.45, 7) is 2.68. The Bertz CT molecular complexity index is 654. The molecule has 5 nitrogen and oxygen atoms in total. The van der Waals surface area contributed by atoms with E-state index in [1.807, 2.05) is 18.2 Å². The highest BCUT2D eigenvalue weighted by atomic mass is 16.5. The molecular formula is C19H22N2O3. The second-order valence-electron chi connectivity index (χ2n) is 5.34. The number of nitrogens with one attached hydrogen (secondary N) is 2. The molecule has 0 saturated heterocycles. The molecule has 0 atom stereocenters. The van der Waals surface area contributed by atoms with Crippen LogP contribution in [0.5, 0.6) is 5.75 Å². The molecule has 0 heterocycles. The van der Waals surface area contributed by atoms with Gasteiger partial charge < -0.3 is 15.4 Å². The summed E-state index contributed by atoms with van der Waals surface area (Å²) < 4.78 is 5.38. The Kier molecular flexibility index (Phi) is 6.83. The summed E-state index contributed by atoms with van der Waals surface area (Å²) in [5.74, 6) is 0.291. The molecule has 0 aliphatic carbocycles. The maximum absolute atomic E-state index is 11.9. The van der Waals surface area contributed by atoms with E-state index in [2.05, 4.69) is 17.6 Å². The van der Waals surface area contributed by atoms with Crippen LogP contribution in [0.15, 0.2) is 54.6 Å². The van der Waals surface area contributed by atoms with Gasteiger partial charge in [-0.05, 0) is 42.8 Å². The molecule has 0 aromatic heterocycles. The molecule has 126 valence electrons. The van der Waals surface area contributed by atoms with E-state index in [1.54, 1.807) is 36.4 Å². The molecule has 2 amide bonds. The Hall–Kier alpha value is -2.82. The highest BCUT2D eigenvalue weighted by Crippen LogP contribution is 2.11. The Morgan fingerprint density at radius 3 is 2.38 bits per heavy atom. The number of unbranched alkanes of at least 4 members (excludes halogenated alkanes) is 1. The van der Waals surface area contributed by atoms with Crippen molar-refractivity contribution in [2.24, 2.45) is 0 Å². The quantitative estimate of drug-likeness (QED) is 0.732. The lowest BCUT2D eigenvalue weighted by atomic mass is 10.2. The normalized spacial score (nSPS) is 10.0. The first-order valence-corrected chi connectivity index (χ1v) is 8.05. The number of hydrogen-bond donors (Lipinski definition) is 2. The first-order valence-electron chi connectivity index (χ1n) is 8.05. The molecule has 0 bridgehead atoms. The van der Waals surface area contributed by atoms with Crippen molar-refractivity contribution in [1.82, 2.24) is 5.32 Å². The zero-order chi connectivity index (χ0) is 17.2. The molecule has 0 aliphatic rings. The fourth-order valence-electron chi connectivity index (χ4n) is 2.05. The van der Waals surface area contributed by atoms with E-state index in [4.69, 9.17) is 4.74 Å². The lowest BCUT2D eigenvalue weighted by molar-refractivity contribution is -0.118. The Balaban J connectivity index is 1.80. The van der Waals surface area contributed by atoms with E-state index in [0.717, 1.165) is 12.8 Å². The molecule has 0 radical (unpaired) electrons. The summed E-state index contributed by atoms with van der Waals surface area (Å²) in [5, 5.41) is 5.59. The molecule has 0 fully saturated rings. The molecule has 2 aromatic rings. The molecule has 24 heavy (non-hydrogen) atoms. The Morgan fingerprint density at radius 2 is 1.71 bits per heavy atom. The third-order valence-corrected chi connectivity index (χ3v) is 3.36.